The quantitative estimate of drug-likeness (QED) is 0.474. The molecule has 1 saturated heterocycles. The van der Waals surface area contributed by atoms with Gasteiger partial charge in [0.15, 0.2) is 27.3 Å². The summed E-state index contributed by atoms with van der Waals surface area (Å²) in [5.74, 6) is -0.186. The van der Waals surface area contributed by atoms with Crippen LogP contribution in [0.15, 0.2) is 52.4 Å². The summed E-state index contributed by atoms with van der Waals surface area (Å²) < 4.78 is 15.2. The summed E-state index contributed by atoms with van der Waals surface area (Å²) >= 11 is 3.08. The molecule has 8 heteroatoms. The molecule has 7 rings (SSSR count). The van der Waals surface area contributed by atoms with E-state index < -0.39 is 22.9 Å². The van der Waals surface area contributed by atoms with Crippen molar-refractivity contribution in [1.29, 1.82) is 0 Å². The Hall–Kier alpha value is -1.84. The monoisotopic (exact) mass is 565 g/mol. The number of thioether (sulfide) groups is 1. The molecule has 4 fully saturated rings. The number of hydrogen-bond donors (Lipinski definition) is 1. The number of aromatic nitrogens is 1. The predicted octanol–water partition coefficient (Wildman–Crippen LogP) is 5.74. The number of ether oxygens (including phenoxy) is 2. The molecular formula is C31H35NO5S2. The number of ketones is 2. The van der Waals surface area contributed by atoms with Gasteiger partial charge in [-0.15, -0.1) is 11.3 Å². The average molecular weight is 566 g/mol. The van der Waals surface area contributed by atoms with Crippen molar-refractivity contribution in [1.82, 2.24) is 4.98 Å². The van der Waals surface area contributed by atoms with Gasteiger partial charge in [0, 0.05) is 16.7 Å². The highest BCUT2D eigenvalue weighted by Crippen LogP contribution is 2.70. The molecule has 1 aromatic carbocycles. The molecule has 206 valence electrons. The number of aliphatic hydroxyl groups is 1. The number of hydrogen-bond acceptors (Lipinski definition) is 8. The van der Waals surface area contributed by atoms with Gasteiger partial charge in [-0.05, 0) is 75.7 Å². The van der Waals surface area contributed by atoms with E-state index in [4.69, 9.17) is 14.5 Å². The zero-order valence-corrected chi connectivity index (χ0v) is 24.4. The van der Waals surface area contributed by atoms with Crippen LogP contribution in [0, 0.1) is 28.6 Å². The number of fused-ring (bicyclic) bond motifs is 8. The minimum atomic E-state index is -1.12. The number of Topliss-reactive ketones (excluding diaryl/α,β-unsaturated/α-hetero) is 1. The van der Waals surface area contributed by atoms with Crippen molar-refractivity contribution in [3.05, 3.63) is 48.1 Å². The summed E-state index contributed by atoms with van der Waals surface area (Å²) in [7, 11) is 0. The zero-order valence-electron chi connectivity index (χ0n) is 22.8. The molecule has 2 aromatic rings. The largest absolute Gasteiger partial charge is 0.393 e. The number of nitrogens with zero attached hydrogens (tertiary/aromatic N) is 1. The number of para-hydroxylation sites is 1. The van der Waals surface area contributed by atoms with Crippen molar-refractivity contribution in [2.45, 2.75) is 81.3 Å². The Kier molecular flexibility index (Phi) is 5.74. The molecule has 0 radical (unpaired) electrons. The van der Waals surface area contributed by atoms with Crippen molar-refractivity contribution in [3.8, 4) is 0 Å². The smallest absolute Gasteiger partial charge is 0.178 e. The Morgan fingerprint density at radius 3 is 2.82 bits per heavy atom. The van der Waals surface area contributed by atoms with E-state index in [1.54, 1.807) is 23.5 Å². The van der Waals surface area contributed by atoms with Gasteiger partial charge in [0.05, 0.1) is 28.2 Å². The van der Waals surface area contributed by atoms with Crippen LogP contribution in [-0.2, 0) is 19.1 Å². The zero-order chi connectivity index (χ0) is 27.4. The number of carbonyl (C=O) groups excluding carboxylic acids is 2. The Morgan fingerprint density at radius 1 is 1.23 bits per heavy atom. The molecule has 1 aliphatic heterocycles. The maximum atomic E-state index is 14.4. The fourth-order valence-corrected chi connectivity index (χ4v) is 11.1. The standard InChI is InChI=1S/C31H35NO5S2/c1-28(2)36-25-14-20-19-10-9-17-13-18(33)11-12-29(17,3)26(19)22(34)15-30(20,4)31(25,37-28)24(35)16-38-27-32-21-7-5-6-8-23(21)39-27/h5-8,11-13,19-20,22,25-26,34H,9-10,14-16H2,1-4H3/t19?,20?,22?,25-,26?,29?,30?,31-/m1/s1. The number of carbonyl (C=O) groups is 2. The van der Waals surface area contributed by atoms with E-state index in [2.05, 4.69) is 19.9 Å². The predicted molar refractivity (Wildman–Crippen MR) is 152 cm³/mol. The van der Waals surface area contributed by atoms with Gasteiger partial charge < -0.3 is 14.6 Å². The van der Waals surface area contributed by atoms with Crippen molar-refractivity contribution in [2.24, 2.45) is 28.6 Å². The third kappa shape index (κ3) is 3.61. The van der Waals surface area contributed by atoms with Crippen molar-refractivity contribution in [2.75, 3.05) is 5.75 Å². The minimum absolute atomic E-state index is 0.00367. The lowest BCUT2D eigenvalue weighted by atomic mass is 9.46. The highest BCUT2D eigenvalue weighted by molar-refractivity contribution is 8.01. The third-order valence-corrected chi connectivity index (χ3v) is 12.7. The highest BCUT2D eigenvalue weighted by Gasteiger charge is 2.76. The molecule has 0 spiro atoms. The van der Waals surface area contributed by atoms with E-state index >= 15 is 0 Å². The van der Waals surface area contributed by atoms with E-state index in [-0.39, 0.29) is 46.6 Å². The van der Waals surface area contributed by atoms with Crippen molar-refractivity contribution in [3.63, 3.8) is 0 Å². The van der Waals surface area contributed by atoms with E-state index in [1.165, 1.54) is 11.8 Å². The molecule has 5 aliphatic rings. The summed E-state index contributed by atoms with van der Waals surface area (Å²) in [6.07, 6.45) is 7.42. The maximum absolute atomic E-state index is 14.4. The van der Waals surface area contributed by atoms with Crippen LogP contribution >= 0.6 is 23.1 Å². The normalized spacial score (nSPS) is 42.0. The molecule has 8 atom stereocenters. The van der Waals surface area contributed by atoms with Gasteiger partial charge in [-0.1, -0.05) is 49.4 Å². The number of rotatable bonds is 4. The number of thiazole rings is 1. The molecule has 0 amide bonds. The molecule has 6 nitrogen and oxygen atoms in total. The van der Waals surface area contributed by atoms with Crippen LogP contribution in [0.4, 0.5) is 0 Å². The fourth-order valence-electron chi connectivity index (χ4n) is 9.07. The second-order valence-corrected chi connectivity index (χ2v) is 15.2. The Labute approximate surface area is 237 Å². The van der Waals surface area contributed by atoms with Gasteiger partial charge in [0.1, 0.15) is 0 Å². The maximum Gasteiger partial charge on any atom is 0.178 e. The first-order valence-electron chi connectivity index (χ1n) is 14.0. The average Bonchev–Trinajstić information content (AvgIpc) is 3.49. The van der Waals surface area contributed by atoms with Gasteiger partial charge in [-0.2, -0.15) is 0 Å². The summed E-state index contributed by atoms with van der Waals surface area (Å²) in [6, 6.07) is 8.02. The van der Waals surface area contributed by atoms with E-state index in [0.29, 0.717) is 6.42 Å². The van der Waals surface area contributed by atoms with Crippen LogP contribution < -0.4 is 0 Å². The lowest BCUT2D eigenvalue weighted by Gasteiger charge is -2.60. The van der Waals surface area contributed by atoms with Crippen LogP contribution in [0.5, 0.6) is 0 Å². The summed E-state index contributed by atoms with van der Waals surface area (Å²) in [4.78, 5) is 31.3. The van der Waals surface area contributed by atoms with Crippen molar-refractivity contribution >= 4 is 44.9 Å². The highest BCUT2D eigenvalue weighted by atomic mass is 32.2. The van der Waals surface area contributed by atoms with E-state index in [9.17, 15) is 14.7 Å². The van der Waals surface area contributed by atoms with Crippen molar-refractivity contribution < 1.29 is 24.2 Å². The van der Waals surface area contributed by atoms with Gasteiger partial charge >= 0.3 is 0 Å². The molecule has 0 bridgehead atoms. The first kappa shape index (κ1) is 26.1. The molecule has 39 heavy (non-hydrogen) atoms. The lowest BCUT2D eigenvalue weighted by molar-refractivity contribution is -0.223. The van der Waals surface area contributed by atoms with Gasteiger partial charge in [0.25, 0.3) is 0 Å². The Balaban J connectivity index is 1.23. The second kappa shape index (κ2) is 8.58. The van der Waals surface area contributed by atoms with Crippen LogP contribution in [0.1, 0.15) is 53.4 Å². The molecule has 1 N–H and O–H groups in total. The Morgan fingerprint density at radius 2 is 2.03 bits per heavy atom. The van der Waals surface area contributed by atoms with Crippen LogP contribution in [0.3, 0.4) is 0 Å². The first-order chi connectivity index (χ1) is 18.5. The van der Waals surface area contributed by atoms with E-state index in [1.807, 2.05) is 38.1 Å². The number of aliphatic hydroxyl groups excluding tert-OH is 1. The minimum Gasteiger partial charge on any atom is -0.393 e. The molecule has 1 aromatic heterocycles. The second-order valence-electron chi connectivity index (χ2n) is 13.0. The van der Waals surface area contributed by atoms with Gasteiger partial charge in [-0.25, -0.2) is 4.98 Å². The van der Waals surface area contributed by atoms with Crippen LogP contribution in [0.25, 0.3) is 10.2 Å². The lowest BCUT2D eigenvalue weighted by Crippen LogP contribution is -2.63. The molecule has 2 heterocycles. The van der Waals surface area contributed by atoms with E-state index in [0.717, 1.165) is 39.4 Å². The van der Waals surface area contributed by atoms with Crippen LogP contribution in [-0.4, -0.2) is 51.0 Å². The van der Waals surface area contributed by atoms with Gasteiger partial charge in [0.2, 0.25) is 0 Å². The third-order valence-electron chi connectivity index (χ3n) is 10.5. The number of allylic oxidation sites excluding steroid dienone is 4. The molecule has 6 unspecified atom stereocenters. The van der Waals surface area contributed by atoms with Gasteiger partial charge in [-0.3, -0.25) is 9.59 Å². The molecule has 3 saturated carbocycles. The number of benzene rings is 1. The first-order valence-corrected chi connectivity index (χ1v) is 15.8. The Bertz CT molecular complexity index is 1410. The summed E-state index contributed by atoms with van der Waals surface area (Å²) in [5.41, 5.74) is 0.0385. The fraction of sp³-hybridized carbons (Fsp3) is 0.581. The SMILES string of the molecule is CC1(C)O[C@@H]2CC3C4CCC5=CC(=O)C=CC5(C)C4C(O)CC3(C)[C@]2(C(=O)CSc2nc3ccccc3s2)O1. The molecule has 4 aliphatic carbocycles. The summed E-state index contributed by atoms with van der Waals surface area (Å²) in [6.45, 7) is 8.12. The molecular weight excluding hydrogens is 530 g/mol. The van der Waals surface area contributed by atoms with Crippen LogP contribution in [0.2, 0.25) is 0 Å². The summed E-state index contributed by atoms with van der Waals surface area (Å²) in [5, 5.41) is 11.9. The topological polar surface area (TPSA) is 85.7 Å².